The van der Waals surface area contributed by atoms with E-state index >= 15 is 0 Å². The van der Waals surface area contributed by atoms with Gasteiger partial charge in [0.25, 0.3) is 0 Å². The van der Waals surface area contributed by atoms with Crippen LogP contribution in [0.15, 0.2) is 65.5 Å². The third kappa shape index (κ3) is 5.44. The fourth-order valence-electron chi connectivity index (χ4n) is 4.49. The topological polar surface area (TPSA) is 98.1 Å². The Hall–Kier alpha value is -3.68. The van der Waals surface area contributed by atoms with Gasteiger partial charge < -0.3 is 15.4 Å². The third-order valence-corrected chi connectivity index (χ3v) is 6.40. The number of aromatic nitrogens is 3. The van der Waals surface area contributed by atoms with E-state index in [1.54, 1.807) is 6.92 Å². The van der Waals surface area contributed by atoms with Gasteiger partial charge in [-0.1, -0.05) is 41.1 Å². The second kappa shape index (κ2) is 10.1. The van der Waals surface area contributed by atoms with E-state index in [0.717, 1.165) is 37.1 Å². The van der Waals surface area contributed by atoms with Gasteiger partial charge in [-0.3, -0.25) is 4.79 Å². The van der Waals surface area contributed by atoms with Gasteiger partial charge in [0, 0.05) is 11.3 Å². The first-order valence-corrected chi connectivity index (χ1v) is 11.5. The second-order valence-corrected chi connectivity index (χ2v) is 9.07. The van der Waals surface area contributed by atoms with Gasteiger partial charge in [0.05, 0.1) is 18.8 Å². The zero-order chi connectivity index (χ0) is 24.2. The molecule has 8 heteroatoms. The summed E-state index contributed by atoms with van der Waals surface area (Å²) < 4.78 is 7.73. The molecular weight excluding hydrogens is 430 g/mol. The van der Waals surface area contributed by atoms with E-state index in [-0.39, 0.29) is 11.8 Å². The minimum atomic E-state index is -0.486. The third-order valence-electron chi connectivity index (χ3n) is 6.40. The Balaban J connectivity index is 1.34. The number of allylic oxidation sites excluding steroid dienone is 4. The monoisotopic (exact) mass is 461 g/mol. The Morgan fingerprint density at radius 1 is 1.26 bits per heavy atom. The molecule has 0 saturated heterocycles. The Labute approximate surface area is 199 Å². The molecule has 2 N–H and O–H groups in total. The van der Waals surface area contributed by atoms with E-state index in [0.29, 0.717) is 29.5 Å². The van der Waals surface area contributed by atoms with E-state index in [2.05, 4.69) is 40.5 Å². The van der Waals surface area contributed by atoms with Crippen LogP contribution < -0.4 is 15.4 Å². The lowest BCUT2D eigenvalue weighted by Crippen LogP contribution is -2.44. The molecule has 8 nitrogen and oxygen atoms in total. The van der Waals surface area contributed by atoms with Crippen molar-refractivity contribution < 1.29 is 14.3 Å². The molecule has 2 aliphatic rings. The molecule has 1 aromatic carbocycles. The lowest BCUT2D eigenvalue weighted by molar-refractivity contribution is -0.114. The number of nitrogens with one attached hydrogen (secondary N) is 2. The molecule has 0 spiro atoms. The lowest BCUT2D eigenvalue weighted by Gasteiger charge is -2.28. The molecule has 178 valence electrons. The number of rotatable bonds is 8. The summed E-state index contributed by atoms with van der Waals surface area (Å²) >= 11 is 0. The predicted octanol–water partition coefficient (Wildman–Crippen LogP) is 4.38. The number of hydrogen-bond acceptors (Lipinski definition) is 5. The van der Waals surface area contributed by atoms with Crippen LogP contribution in [-0.2, 0) is 17.9 Å². The lowest BCUT2D eigenvalue weighted by atomic mass is 9.85. The number of ketones is 1. The summed E-state index contributed by atoms with van der Waals surface area (Å²) in [6.45, 7) is 10.5. The predicted molar refractivity (Wildman–Crippen MR) is 129 cm³/mol. The van der Waals surface area contributed by atoms with Crippen molar-refractivity contribution in [1.29, 1.82) is 0 Å². The van der Waals surface area contributed by atoms with Crippen molar-refractivity contribution in [3.8, 4) is 5.75 Å². The van der Waals surface area contributed by atoms with Gasteiger partial charge in [0.2, 0.25) is 0 Å². The quantitative estimate of drug-likeness (QED) is 0.569. The molecule has 0 bridgehead atoms. The molecule has 2 amide bonds. The van der Waals surface area contributed by atoms with Gasteiger partial charge in [-0.25, -0.2) is 9.48 Å². The number of carbonyl (C=O) groups excluding carboxylic acids is 2. The van der Waals surface area contributed by atoms with Gasteiger partial charge in [-0.05, 0) is 63.6 Å². The minimum Gasteiger partial charge on any atom is -0.487 e. The summed E-state index contributed by atoms with van der Waals surface area (Å²) in [5, 5.41) is 13.9. The number of hydrogen-bond donors (Lipinski definition) is 2. The first-order valence-electron chi connectivity index (χ1n) is 11.5. The summed E-state index contributed by atoms with van der Waals surface area (Å²) in [7, 11) is 0. The summed E-state index contributed by atoms with van der Waals surface area (Å²) in [4.78, 5) is 24.0. The van der Waals surface area contributed by atoms with Crippen molar-refractivity contribution in [3.63, 3.8) is 0 Å². The highest BCUT2D eigenvalue weighted by molar-refractivity contribution is 5.98. The van der Waals surface area contributed by atoms with Crippen LogP contribution in [0.1, 0.15) is 57.3 Å². The normalized spacial score (nSPS) is 20.3. The molecule has 0 fully saturated rings. The van der Waals surface area contributed by atoms with E-state index in [4.69, 9.17) is 4.74 Å². The minimum absolute atomic E-state index is 0.0851. The van der Waals surface area contributed by atoms with Crippen molar-refractivity contribution in [1.82, 2.24) is 25.6 Å². The highest BCUT2D eigenvalue weighted by Crippen LogP contribution is 2.30. The molecule has 0 saturated carbocycles. The molecule has 1 aromatic heterocycles. The number of ether oxygens (including phenoxy) is 1. The van der Waals surface area contributed by atoms with Crippen LogP contribution in [0.2, 0.25) is 0 Å². The molecule has 1 aliphatic carbocycles. The van der Waals surface area contributed by atoms with Gasteiger partial charge in [-0.2, -0.15) is 0 Å². The smallest absolute Gasteiger partial charge is 0.319 e. The molecule has 2 aromatic rings. The number of amides is 2. The van der Waals surface area contributed by atoms with Crippen LogP contribution in [0.5, 0.6) is 5.75 Å². The van der Waals surface area contributed by atoms with E-state index in [9.17, 15) is 9.59 Å². The van der Waals surface area contributed by atoms with Crippen molar-refractivity contribution in [3.05, 3.63) is 76.8 Å². The fourth-order valence-corrected chi connectivity index (χ4v) is 4.49. The summed E-state index contributed by atoms with van der Waals surface area (Å²) in [5.41, 5.74) is 5.33. The number of urea groups is 1. The molecule has 2 atom stereocenters. The Kier molecular flexibility index (Phi) is 6.95. The van der Waals surface area contributed by atoms with E-state index < -0.39 is 6.04 Å². The molecule has 1 unspecified atom stereocenters. The molecule has 1 aliphatic heterocycles. The molecule has 4 rings (SSSR count). The number of carbonyl (C=O) groups is 2. The largest absolute Gasteiger partial charge is 0.487 e. The summed E-state index contributed by atoms with van der Waals surface area (Å²) in [6.07, 6.45) is 7.48. The van der Waals surface area contributed by atoms with Crippen LogP contribution in [-0.4, -0.2) is 26.8 Å². The average molecular weight is 462 g/mol. The van der Waals surface area contributed by atoms with E-state index in [1.807, 2.05) is 35.1 Å². The van der Waals surface area contributed by atoms with Crippen molar-refractivity contribution in [2.75, 3.05) is 0 Å². The average Bonchev–Trinajstić information content (AvgIpc) is 3.25. The van der Waals surface area contributed by atoms with Crippen molar-refractivity contribution in [2.24, 2.45) is 5.92 Å². The fraction of sp³-hybridized carbons (Fsp3) is 0.385. The highest BCUT2D eigenvalue weighted by atomic mass is 16.5. The maximum atomic E-state index is 12.1. The van der Waals surface area contributed by atoms with Gasteiger partial charge in [-0.15, -0.1) is 5.10 Å². The first kappa shape index (κ1) is 23.5. The maximum absolute atomic E-state index is 12.1. The maximum Gasteiger partial charge on any atom is 0.319 e. The van der Waals surface area contributed by atoms with Gasteiger partial charge in [0.15, 0.2) is 5.78 Å². The number of nitrogens with zero attached hydrogens (tertiary/aromatic N) is 3. The summed E-state index contributed by atoms with van der Waals surface area (Å²) in [6, 6.07) is 6.55. The van der Waals surface area contributed by atoms with Crippen LogP contribution in [0.25, 0.3) is 0 Å². The zero-order valence-electron chi connectivity index (χ0n) is 19.9. The van der Waals surface area contributed by atoms with Gasteiger partial charge in [0.1, 0.15) is 18.1 Å². The molecule has 34 heavy (non-hydrogen) atoms. The highest BCUT2D eigenvalue weighted by Gasteiger charge is 2.29. The van der Waals surface area contributed by atoms with Gasteiger partial charge >= 0.3 is 6.03 Å². The first-order chi connectivity index (χ1) is 16.3. The zero-order valence-corrected chi connectivity index (χ0v) is 19.9. The number of Topliss-reactive ketones (excluding diaryl/α,β-unsaturated/α-hetero) is 1. The van der Waals surface area contributed by atoms with Crippen molar-refractivity contribution in [2.45, 2.75) is 59.2 Å². The summed E-state index contributed by atoms with van der Waals surface area (Å²) in [5.74, 6) is 1.18. The molecule has 2 heterocycles. The molecular formula is C26H31N5O3. The van der Waals surface area contributed by atoms with Crippen LogP contribution in [0.4, 0.5) is 4.79 Å². The van der Waals surface area contributed by atoms with Crippen LogP contribution in [0, 0.1) is 5.92 Å². The van der Waals surface area contributed by atoms with E-state index in [1.165, 1.54) is 18.1 Å². The Morgan fingerprint density at radius 2 is 2.03 bits per heavy atom. The SMILES string of the molecule is C=C(C)[C@@H]1CC=C(Cn2cc(COc3ccc(C4NC(=O)NC(C)=C4C(C)=O)cc3)nn2)CC1. The Morgan fingerprint density at radius 3 is 2.68 bits per heavy atom. The van der Waals surface area contributed by atoms with Crippen LogP contribution >= 0.6 is 0 Å². The second-order valence-electron chi connectivity index (χ2n) is 9.07. The van der Waals surface area contributed by atoms with Crippen molar-refractivity contribution >= 4 is 11.8 Å². The molecule has 0 radical (unpaired) electrons. The number of benzene rings is 1. The van der Waals surface area contributed by atoms with Crippen LogP contribution in [0.3, 0.4) is 0 Å². The standard InChI is InChI=1S/C26H31N5O3/c1-16(2)20-7-5-19(6-8-20)13-31-14-22(29-30-31)15-34-23-11-9-21(10-12-23)25-24(18(4)32)17(3)27-26(33)28-25/h5,9-12,14,20,25H,1,6-8,13,15H2,2-4H3,(H2,27,28,33)/t20-,25?/m1/s1. The Bertz CT molecular complexity index is 1160.